The highest BCUT2D eigenvalue weighted by molar-refractivity contribution is 5.92. The van der Waals surface area contributed by atoms with E-state index in [1.165, 1.54) is 0 Å². The lowest BCUT2D eigenvalue weighted by Gasteiger charge is -2.10. The molecule has 0 saturated carbocycles. The van der Waals surface area contributed by atoms with Crippen LogP contribution < -0.4 is 10.6 Å². The number of hydrogen-bond acceptors (Lipinski definition) is 5. The standard InChI is InChI=1S/C19H19N5O/c1-13-6-3-4-8-16(13)23-19-22-14(2)10-17(24-19)18(25)21-12-15-7-5-9-20-11-15/h3-11H,12H2,1-2H3,(H,21,25)(H,22,23,24). The maximum absolute atomic E-state index is 12.4. The lowest BCUT2D eigenvalue weighted by atomic mass is 10.2. The van der Waals surface area contributed by atoms with Crippen molar-refractivity contribution >= 4 is 17.5 Å². The van der Waals surface area contributed by atoms with Gasteiger partial charge in [-0.1, -0.05) is 24.3 Å². The smallest absolute Gasteiger partial charge is 0.270 e. The maximum Gasteiger partial charge on any atom is 0.270 e. The third kappa shape index (κ3) is 4.38. The Labute approximate surface area is 146 Å². The molecule has 0 fully saturated rings. The Bertz CT molecular complexity index is 880. The molecule has 0 unspecified atom stereocenters. The van der Waals surface area contributed by atoms with Crippen molar-refractivity contribution in [3.05, 3.63) is 77.4 Å². The number of aromatic nitrogens is 3. The molecular weight excluding hydrogens is 314 g/mol. The van der Waals surface area contributed by atoms with Gasteiger partial charge in [0.2, 0.25) is 5.95 Å². The Balaban J connectivity index is 1.74. The number of carbonyl (C=O) groups is 1. The van der Waals surface area contributed by atoms with Crippen LogP contribution in [0.3, 0.4) is 0 Å². The second kappa shape index (κ2) is 7.53. The van der Waals surface area contributed by atoms with E-state index in [1.807, 2.05) is 50.2 Å². The molecule has 25 heavy (non-hydrogen) atoms. The van der Waals surface area contributed by atoms with Crippen LogP contribution in [-0.4, -0.2) is 20.9 Å². The average Bonchev–Trinajstić information content (AvgIpc) is 2.62. The van der Waals surface area contributed by atoms with Crippen molar-refractivity contribution in [1.29, 1.82) is 0 Å². The molecule has 0 atom stereocenters. The summed E-state index contributed by atoms with van der Waals surface area (Å²) in [4.78, 5) is 25.1. The number of amides is 1. The number of aryl methyl sites for hydroxylation is 2. The van der Waals surface area contributed by atoms with Crippen molar-refractivity contribution in [3.63, 3.8) is 0 Å². The number of hydrogen-bond donors (Lipinski definition) is 2. The molecule has 6 nitrogen and oxygen atoms in total. The zero-order chi connectivity index (χ0) is 17.6. The van der Waals surface area contributed by atoms with Gasteiger partial charge in [0.05, 0.1) is 0 Å². The molecule has 2 N–H and O–H groups in total. The van der Waals surface area contributed by atoms with Gasteiger partial charge < -0.3 is 10.6 Å². The predicted octanol–water partition coefficient (Wildman–Crippen LogP) is 3.16. The summed E-state index contributed by atoms with van der Waals surface area (Å²) in [7, 11) is 0. The van der Waals surface area contributed by atoms with Gasteiger partial charge >= 0.3 is 0 Å². The largest absolute Gasteiger partial charge is 0.347 e. The fraction of sp³-hybridized carbons (Fsp3) is 0.158. The van der Waals surface area contributed by atoms with Crippen LogP contribution in [0.5, 0.6) is 0 Å². The number of para-hydroxylation sites is 1. The minimum Gasteiger partial charge on any atom is -0.347 e. The quantitative estimate of drug-likeness (QED) is 0.750. The zero-order valence-corrected chi connectivity index (χ0v) is 14.2. The topological polar surface area (TPSA) is 79.8 Å². The molecule has 3 aromatic rings. The van der Waals surface area contributed by atoms with Crippen LogP contribution in [0.4, 0.5) is 11.6 Å². The highest BCUT2D eigenvalue weighted by Gasteiger charge is 2.11. The van der Waals surface area contributed by atoms with Crippen LogP contribution in [0, 0.1) is 13.8 Å². The number of nitrogens with one attached hydrogen (secondary N) is 2. The molecule has 0 saturated heterocycles. The van der Waals surface area contributed by atoms with Gasteiger partial charge in [0, 0.05) is 30.3 Å². The van der Waals surface area contributed by atoms with Gasteiger partial charge in [-0.2, -0.15) is 0 Å². The van der Waals surface area contributed by atoms with E-state index in [-0.39, 0.29) is 5.91 Å². The highest BCUT2D eigenvalue weighted by Crippen LogP contribution is 2.18. The summed E-state index contributed by atoms with van der Waals surface area (Å²) in [5, 5.41) is 6.02. The van der Waals surface area contributed by atoms with Crippen molar-refractivity contribution in [3.8, 4) is 0 Å². The van der Waals surface area contributed by atoms with Crippen LogP contribution in [0.25, 0.3) is 0 Å². The molecule has 1 amide bonds. The maximum atomic E-state index is 12.4. The number of anilines is 2. The summed E-state index contributed by atoms with van der Waals surface area (Å²) >= 11 is 0. The number of nitrogens with zero attached hydrogens (tertiary/aromatic N) is 3. The van der Waals surface area contributed by atoms with Crippen molar-refractivity contribution < 1.29 is 4.79 Å². The van der Waals surface area contributed by atoms with Gasteiger partial charge in [0.15, 0.2) is 0 Å². The number of benzene rings is 1. The molecule has 1 aromatic carbocycles. The van der Waals surface area contributed by atoms with Crippen LogP contribution in [0.15, 0.2) is 54.9 Å². The molecule has 6 heteroatoms. The normalized spacial score (nSPS) is 10.3. The molecule has 0 aliphatic heterocycles. The van der Waals surface area contributed by atoms with Gasteiger partial charge in [-0.3, -0.25) is 9.78 Å². The van der Waals surface area contributed by atoms with E-state index < -0.39 is 0 Å². The first kappa shape index (κ1) is 16.6. The average molecular weight is 333 g/mol. The summed E-state index contributed by atoms with van der Waals surface area (Å²) in [5.41, 5.74) is 3.97. The van der Waals surface area contributed by atoms with Crippen LogP contribution in [-0.2, 0) is 6.54 Å². The summed E-state index contributed by atoms with van der Waals surface area (Å²) in [6, 6.07) is 13.3. The molecule has 0 aliphatic carbocycles. The molecule has 126 valence electrons. The summed E-state index contributed by atoms with van der Waals surface area (Å²) in [6.45, 7) is 4.23. The monoisotopic (exact) mass is 333 g/mol. The van der Waals surface area contributed by atoms with Gasteiger partial charge in [0.1, 0.15) is 5.69 Å². The van der Waals surface area contributed by atoms with E-state index in [0.717, 1.165) is 22.5 Å². The van der Waals surface area contributed by atoms with Gasteiger partial charge in [-0.05, 0) is 43.2 Å². The fourth-order valence-electron chi connectivity index (χ4n) is 2.35. The fourth-order valence-corrected chi connectivity index (χ4v) is 2.35. The number of pyridine rings is 1. The van der Waals surface area contributed by atoms with Crippen LogP contribution >= 0.6 is 0 Å². The zero-order valence-electron chi connectivity index (χ0n) is 14.2. The van der Waals surface area contributed by atoms with Crippen molar-refractivity contribution in [2.75, 3.05) is 5.32 Å². The van der Waals surface area contributed by atoms with Crippen molar-refractivity contribution in [2.45, 2.75) is 20.4 Å². The van der Waals surface area contributed by atoms with E-state index in [9.17, 15) is 4.79 Å². The molecule has 0 radical (unpaired) electrons. The summed E-state index contributed by atoms with van der Waals surface area (Å²) < 4.78 is 0. The molecule has 0 aliphatic rings. The minimum atomic E-state index is -0.248. The first-order valence-corrected chi connectivity index (χ1v) is 7.97. The first-order chi connectivity index (χ1) is 12.1. The molecule has 2 heterocycles. The number of rotatable bonds is 5. The Hall–Kier alpha value is -3.28. The Kier molecular flexibility index (Phi) is 4.99. The second-order valence-corrected chi connectivity index (χ2v) is 5.70. The van der Waals surface area contributed by atoms with E-state index in [1.54, 1.807) is 18.5 Å². The molecule has 2 aromatic heterocycles. The Morgan fingerprint density at radius 3 is 2.68 bits per heavy atom. The molecule has 3 rings (SSSR count). The molecule has 0 spiro atoms. The molecular formula is C19H19N5O. The van der Waals surface area contributed by atoms with E-state index in [0.29, 0.717) is 18.2 Å². The minimum absolute atomic E-state index is 0.248. The molecule has 0 bridgehead atoms. The predicted molar refractivity (Wildman–Crippen MR) is 96.6 cm³/mol. The van der Waals surface area contributed by atoms with Crippen LogP contribution in [0.2, 0.25) is 0 Å². The van der Waals surface area contributed by atoms with Crippen molar-refractivity contribution in [2.24, 2.45) is 0 Å². The van der Waals surface area contributed by atoms with Crippen LogP contribution in [0.1, 0.15) is 27.3 Å². The van der Waals surface area contributed by atoms with Gasteiger partial charge in [-0.15, -0.1) is 0 Å². The lowest BCUT2D eigenvalue weighted by Crippen LogP contribution is -2.24. The Morgan fingerprint density at radius 2 is 1.92 bits per heavy atom. The van der Waals surface area contributed by atoms with Gasteiger partial charge in [-0.25, -0.2) is 9.97 Å². The number of carbonyl (C=O) groups excluding carboxylic acids is 1. The third-order valence-electron chi connectivity index (χ3n) is 3.65. The third-order valence-corrected chi connectivity index (χ3v) is 3.65. The first-order valence-electron chi connectivity index (χ1n) is 7.97. The van der Waals surface area contributed by atoms with E-state index in [2.05, 4.69) is 25.6 Å². The van der Waals surface area contributed by atoms with E-state index in [4.69, 9.17) is 0 Å². The SMILES string of the molecule is Cc1cc(C(=O)NCc2cccnc2)nc(Nc2ccccc2C)n1. The summed E-state index contributed by atoms with van der Waals surface area (Å²) in [5.74, 6) is 0.156. The highest BCUT2D eigenvalue weighted by atomic mass is 16.1. The van der Waals surface area contributed by atoms with E-state index >= 15 is 0 Å². The summed E-state index contributed by atoms with van der Waals surface area (Å²) in [6.07, 6.45) is 3.42. The second-order valence-electron chi connectivity index (χ2n) is 5.70. The lowest BCUT2D eigenvalue weighted by molar-refractivity contribution is 0.0945. The van der Waals surface area contributed by atoms with Crippen molar-refractivity contribution in [1.82, 2.24) is 20.3 Å². The Morgan fingerprint density at radius 1 is 1.08 bits per heavy atom. The van der Waals surface area contributed by atoms with Gasteiger partial charge in [0.25, 0.3) is 5.91 Å².